The first kappa shape index (κ1) is 16.1. The van der Waals surface area contributed by atoms with Gasteiger partial charge in [-0.3, -0.25) is 0 Å². The van der Waals surface area contributed by atoms with Crippen molar-refractivity contribution < 1.29 is 22.7 Å². The third-order valence-corrected chi connectivity index (χ3v) is 6.26. The van der Waals surface area contributed by atoms with E-state index in [1.807, 2.05) is 0 Å². The van der Waals surface area contributed by atoms with E-state index in [1.54, 1.807) is 42.5 Å². The highest BCUT2D eigenvalue weighted by Gasteiger charge is 2.38. The van der Waals surface area contributed by atoms with E-state index in [1.165, 1.54) is 12.1 Å². The van der Waals surface area contributed by atoms with Crippen LogP contribution in [0.2, 0.25) is 0 Å². The molecule has 0 aromatic heterocycles. The number of hydrogen-bond acceptors (Lipinski definition) is 4. The molecule has 1 fully saturated rings. The van der Waals surface area contributed by atoms with Gasteiger partial charge in [-0.25, -0.2) is 12.8 Å². The predicted molar refractivity (Wildman–Crippen MR) is 83.1 cm³/mol. The molecule has 3 atom stereocenters. The van der Waals surface area contributed by atoms with E-state index in [9.17, 15) is 17.9 Å². The minimum Gasteiger partial charge on any atom is -0.367 e. The minimum absolute atomic E-state index is 0.0594. The Morgan fingerprint density at radius 2 is 1.70 bits per heavy atom. The number of halogens is 1. The van der Waals surface area contributed by atoms with Crippen LogP contribution >= 0.6 is 0 Å². The Kier molecular flexibility index (Phi) is 4.48. The summed E-state index contributed by atoms with van der Waals surface area (Å²) in [6.07, 6.45) is -0.869. The van der Waals surface area contributed by atoms with Crippen LogP contribution in [0.1, 0.15) is 17.9 Å². The first-order chi connectivity index (χ1) is 11.0. The third-order valence-electron chi connectivity index (χ3n) is 4.12. The van der Waals surface area contributed by atoms with Crippen molar-refractivity contribution in [2.45, 2.75) is 28.8 Å². The number of rotatable bonds is 3. The van der Waals surface area contributed by atoms with E-state index in [0.29, 0.717) is 5.56 Å². The Labute approximate surface area is 134 Å². The molecule has 4 nitrogen and oxygen atoms in total. The van der Waals surface area contributed by atoms with E-state index in [2.05, 4.69) is 0 Å². The van der Waals surface area contributed by atoms with Gasteiger partial charge in [0.25, 0.3) is 0 Å². The standard InChI is InChI=1S/C17H17FO4S/c18-13-8-6-12(7-9-13)16-10-15(11-22-17(16)19)23(20,21)14-4-2-1-3-5-14/h1-9,15-17,19H,10-11H2. The van der Waals surface area contributed by atoms with Crippen molar-refractivity contribution in [3.05, 3.63) is 66.0 Å². The van der Waals surface area contributed by atoms with Crippen molar-refractivity contribution in [2.75, 3.05) is 6.61 Å². The fraction of sp³-hybridized carbons (Fsp3) is 0.294. The second kappa shape index (κ2) is 6.39. The van der Waals surface area contributed by atoms with Crippen LogP contribution in [-0.2, 0) is 14.6 Å². The lowest BCUT2D eigenvalue weighted by Crippen LogP contribution is -2.40. The first-order valence-corrected chi connectivity index (χ1v) is 8.87. The maximum absolute atomic E-state index is 13.0. The molecular formula is C17H17FO4S. The van der Waals surface area contributed by atoms with Gasteiger partial charge >= 0.3 is 0 Å². The lowest BCUT2D eigenvalue weighted by atomic mass is 9.92. The molecular weight excluding hydrogens is 319 g/mol. The van der Waals surface area contributed by atoms with Crippen molar-refractivity contribution in [3.63, 3.8) is 0 Å². The molecule has 1 N–H and O–H groups in total. The van der Waals surface area contributed by atoms with Gasteiger partial charge in [-0.15, -0.1) is 0 Å². The van der Waals surface area contributed by atoms with Gasteiger partial charge in [-0.1, -0.05) is 30.3 Å². The number of hydrogen-bond donors (Lipinski definition) is 1. The van der Waals surface area contributed by atoms with Crippen LogP contribution in [0.3, 0.4) is 0 Å². The Morgan fingerprint density at radius 1 is 1.04 bits per heavy atom. The van der Waals surface area contributed by atoms with Crippen molar-refractivity contribution in [1.82, 2.24) is 0 Å². The van der Waals surface area contributed by atoms with Crippen molar-refractivity contribution in [3.8, 4) is 0 Å². The maximum Gasteiger partial charge on any atom is 0.183 e. The fourth-order valence-electron chi connectivity index (χ4n) is 2.82. The van der Waals surface area contributed by atoms with Crippen LogP contribution in [0, 0.1) is 5.82 Å². The number of aliphatic hydroxyl groups is 1. The lowest BCUT2D eigenvalue weighted by Gasteiger charge is -2.33. The molecule has 1 aliphatic rings. The lowest BCUT2D eigenvalue weighted by molar-refractivity contribution is -0.135. The summed E-state index contributed by atoms with van der Waals surface area (Å²) in [5.74, 6) is -0.888. The summed E-state index contributed by atoms with van der Waals surface area (Å²) in [6.45, 7) is -0.0594. The van der Waals surface area contributed by atoms with E-state index in [4.69, 9.17) is 4.74 Å². The van der Waals surface area contributed by atoms with Gasteiger partial charge < -0.3 is 9.84 Å². The fourth-order valence-corrected chi connectivity index (χ4v) is 4.46. The van der Waals surface area contributed by atoms with Crippen molar-refractivity contribution >= 4 is 9.84 Å². The van der Waals surface area contributed by atoms with Gasteiger partial charge in [-0.2, -0.15) is 0 Å². The first-order valence-electron chi connectivity index (χ1n) is 7.32. The van der Waals surface area contributed by atoms with Crippen LogP contribution in [-0.4, -0.2) is 31.7 Å². The summed E-state index contributed by atoms with van der Waals surface area (Å²) in [5.41, 5.74) is 0.659. The summed E-state index contributed by atoms with van der Waals surface area (Å²) >= 11 is 0. The summed E-state index contributed by atoms with van der Waals surface area (Å²) in [5, 5.41) is 9.29. The van der Waals surface area contributed by atoms with Crippen LogP contribution in [0.4, 0.5) is 4.39 Å². The van der Waals surface area contributed by atoms with Crippen molar-refractivity contribution in [1.29, 1.82) is 0 Å². The van der Waals surface area contributed by atoms with Gasteiger partial charge in [0.2, 0.25) is 0 Å². The Hall–Kier alpha value is -1.76. The molecule has 1 aliphatic heterocycles. The highest BCUT2D eigenvalue weighted by Crippen LogP contribution is 2.34. The van der Waals surface area contributed by atoms with Crippen molar-refractivity contribution in [2.24, 2.45) is 0 Å². The summed E-state index contributed by atoms with van der Waals surface area (Å²) in [7, 11) is -3.54. The zero-order valence-electron chi connectivity index (χ0n) is 12.3. The number of benzene rings is 2. The van der Waals surface area contributed by atoms with Crippen LogP contribution < -0.4 is 0 Å². The monoisotopic (exact) mass is 336 g/mol. The summed E-state index contributed by atoms with van der Waals surface area (Å²) in [6, 6.07) is 13.9. The second-order valence-electron chi connectivity index (χ2n) is 5.60. The molecule has 0 spiro atoms. The summed E-state index contributed by atoms with van der Waals surface area (Å²) < 4.78 is 43.7. The molecule has 3 rings (SSSR count). The smallest absolute Gasteiger partial charge is 0.183 e. The van der Waals surface area contributed by atoms with E-state index in [-0.39, 0.29) is 23.7 Å². The maximum atomic E-state index is 13.0. The molecule has 0 saturated carbocycles. The molecule has 23 heavy (non-hydrogen) atoms. The number of sulfone groups is 1. The molecule has 1 heterocycles. The van der Waals surface area contributed by atoms with E-state index < -0.39 is 27.3 Å². The highest BCUT2D eigenvalue weighted by molar-refractivity contribution is 7.92. The predicted octanol–water partition coefficient (Wildman–Crippen LogP) is 2.49. The van der Waals surface area contributed by atoms with Gasteiger partial charge in [0.1, 0.15) is 5.82 Å². The van der Waals surface area contributed by atoms with Gasteiger partial charge in [-0.05, 0) is 36.2 Å². The topological polar surface area (TPSA) is 63.6 Å². The second-order valence-corrected chi connectivity index (χ2v) is 7.83. The largest absolute Gasteiger partial charge is 0.367 e. The highest BCUT2D eigenvalue weighted by atomic mass is 32.2. The molecule has 2 aromatic carbocycles. The molecule has 2 aromatic rings. The molecule has 0 bridgehead atoms. The van der Waals surface area contributed by atoms with Gasteiger partial charge in [0.15, 0.2) is 16.1 Å². The van der Waals surface area contributed by atoms with Crippen LogP contribution in [0.25, 0.3) is 0 Å². The third kappa shape index (κ3) is 3.29. The zero-order chi connectivity index (χ0) is 16.4. The van der Waals surface area contributed by atoms with Gasteiger partial charge in [0, 0.05) is 5.92 Å². The quantitative estimate of drug-likeness (QED) is 0.935. The average Bonchev–Trinajstić information content (AvgIpc) is 2.57. The van der Waals surface area contributed by atoms with Gasteiger partial charge in [0.05, 0.1) is 16.8 Å². The molecule has 0 radical (unpaired) electrons. The van der Waals surface area contributed by atoms with Crippen LogP contribution in [0.15, 0.2) is 59.5 Å². The van der Waals surface area contributed by atoms with E-state index >= 15 is 0 Å². The molecule has 122 valence electrons. The molecule has 3 unspecified atom stereocenters. The molecule has 0 aliphatic carbocycles. The van der Waals surface area contributed by atoms with Crippen LogP contribution in [0.5, 0.6) is 0 Å². The Morgan fingerprint density at radius 3 is 2.35 bits per heavy atom. The Balaban J connectivity index is 1.87. The summed E-state index contributed by atoms with van der Waals surface area (Å²) in [4.78, 5) is 0.239. The average molecular weight is 336 g/mol. The molecule has 0 amide bonds. The Bertz CT molecular complexity index is 759. The minimum atomic E-state index is -3.54. The normalized spacial score (nSPS) is 25.2. The zero-order valence-corrected chi connectivity index (χ0v) is 13.1. The number of ether oxygens (including phenoxy) is 1. The van der Waals surface area contributed by atoms with E-state index in [0.717, 1.165) is 0 Å². The molecule has 6 heteroatoms. The SMILES string of the molecule is O=S(=O)(c1ccccc1)C1COC(O)C(c2ccc(F)cc2)C1. The number of aliphatic hydroxyl groups excluding tert-OH is 1. The molecule has 1 saturated heterocycles.